The maximum absolute atomic E-state index is 3.79. The smallest absolute Gasteiger partial charge is 0 e. The van der Waals surface area contributed by atoms with E-state index in [4.69, 9.17) is 0 Å². The highest BCUT2D eigenvalue weighted by molar-refractivity contribution is 5.08. The van der Waals surface area contributed by atoms with E-state index < -0.39 is 0 Å². The molecule has 28 heavy (non-hydrogen) atoms. The summed E-state index contributed by atoms with van der Waals surface area (Å²) in [6, 6.07) is 0. The minimum Gasteiger partial charge on any atom is -0.0991 e. The number of hydrogen-bond donors (Lipinski definition) is 0. The van der Waals surface area contributed by atoms with Crippen LogP contribution in [-0.4, -0.2) is 0 Å². The van der Waals surface area contributed by atoms with Gasteiger partial charge < -0.3 is 0 Å². The number of rotatable bonds is 5. The van der Waals surface area contributed by atoms with E-state index in [0.717, 1.165) is 29.6 Å². The molecule has 0 spiro atoms. The fourth-order valence-corrected chi connectivity index (χ4v) is 8.55. The molecule has 162 valence electrons. The van der Waals surface area contributed by atoms with E-state index in [1.165, 1.54) is 44.9 Å². The lowest BCUT2D eigenvalue weighted by Gasteiger charge is -2.60. The standard InChI is InChI=1S/C26H42.C2H6.H2/c1-4-5-6-7-8-11-21-14-16-23-22-15-13-20-12-9-10-18-25(20,2)24(22)17-19-26(21,23)3;1-2;/h4-6,20-24H,1,7-19H2,2-3H3;1-2H3;1H/b6-5+;;. The van der Waals surface area contributed by atoms with Gasteiger partial charge in [-0.15, -0.1) is 0 Å². The largest absolute Gasteiger partial charge is 0.0991 e. The molecule has 0 heterocycles. The summed E-state index contributed by atoms with van der Waals surface area (Å²) in [5.74, 6) is 5.25. The Morgan fingerprint density at radius 2 is 1.68 bits per heavy atom. The van der Waals surface area contributed by atoms with E-state index in [0.29, 0.717) is 10.8 Å². The molecule has 0 heteroatoms. The second-order valence-corrected chi connectivity index (χ2v) is 10.8. The highest BCUT2D eigenvalue weighted by Gasteiger charge is 2.59. The number of fused-ring (bicyclic) bond motifs is 5. The van der Waals surface area contributed by atoms with Gasteiger partial charge in [0.2, 0.25) is 0 Å². The van der Waals surface area contributed by atoms with E-state index in [2.05, 4.69) is 32.6 Å². The van der Waals surface area contributed by atoms with Gasteiger partial charge in [0.05, 0.1) is 0 Å². The molecule has 4 aliphatic carbocycles. The molecule has 0 saturated heterocycles. The maximum Gasteiger partial charge on any atom is 0 e. The van der Waals surface area contributed by atoms with Gasteiger partial charge in [-0.25, -0.2) is 0 Å². The van der Waals surface area contributed by atoms with Gasteiger partial charge in [-0.05, 0) is 111 Å². The molecule has 0 aromatic carbocycles. The van der Waals surface area contributed by atoms with Crippen LogP contribution in [0.25, 0.3) is 0 Å². The van der Waals surface area contributed by atoms with Crippen molar-refractivity contribution < 1.29 is 1.43 Å². The first-order chi connectivity index (χ1) is 13.6. The minimum atomic E-state index is 0. The van der Waals surface area contributed by atoms with Crippen molar-refractivity contribution in [2.45, 2.75) is 111 Å². The molecule has 0 N–H and O–H groups in total. The molecule has 0 aliphatic heterocycles. The summed E-state index contributed by atoms with van der Waals surface area (Å²) >= 11 is 0. The summed E-state index contributed by atoms with van der Waals surface area (Å²) in [6.45, 7) is 13.2. The summed E-state index contributed by atoms with van der Waals surface area (Å²) in [7, 11) is 0. The van der Waals surface area contributed by atoms with Crippen LogP contribution in [0, 0.1) is 40.4 Å². The molecule has 4 rings (SSSR count). The van der Waals surface area contributed by atoms with Crippen molar-refractivity contribution in [3.05, 3.63) is 24.8 Å². The molecule has 0 aromatic rings. The number of hydrogen-bond acceptors (Lipinski definition) is 0. The lowest BCUT2D eigenvalue weighted by atomic mass is 9.45. The molecule has 7 unspecified atom stereocenters. The summed E-state index contributed by atoms with van der Waals surface area (Å²) in [5, 5.41) is 0. The average Bonchev–Trinajstić information content (AvgIpc) is 3.05. The van der Waals surface area contributed by atoms with Gasteiger partial charge in [-0.3, -0.25) is 0 Å². The fraction of sp³-hybridized carbons (Fsp3) is 0.857. The SMILES string of the molecule is C=C/C=C/CCCC1CCC2C3CCC4CCCCC4(C)C3CCC12C.CC.[HH]. The van der Waals surface area contributed by atoms with Crippen molar-refractivity contribution in [1.29, 1.82) is 0 Å². The Bertz CT molecular complexity index is 536. The zero-order valence-electron chi connectivity index (χ0n) is 19.5. The van der Waals surface area contributed by atoms with Crippen molar-refractivity contribution in [3.8, 4) is 0 Å². The molecule has 0 nitrogen and oxygen atoms in total. The monoisotopic (exact) mass is 386 g/mol. The molecule has 0 amide bonds. The zero-order valence-corrected chi connectivity index (χ0v) is 19.5. The third-order valence-electron chi connectivity index (χ3n) is 9.98. The van der Waals surface area contributed by atoms with Crippen molar-refractivity contribution in [1.82, 2.24) is 0 Å². The van der Waals surface area contributed by atoms with Crippen molar-refractivity contribution >= 4 is 0 Å². The van der Waals surface area contributed by atoms with E-state index >= 15 is 0 Å². The first-order valence-corrected chi connectivity index (χ1v) is 12.9. The summed E-state index contributed by atoms with van der Waals surface area (Å²) in [5.41, 5.74) is 1.37. The Morgan fingerprint density at radius 1 is 0.893 bits per heavy atom. The Balaban J connectivity index is 0.000000970. The van der Waals surface area contributed by atoms with E-state index in [9.17, 15) is 0 Å². The minimum absolute atomic E-state index is 0. The Labute approximate surface area is 178 Å². The third kappa shape index (κ3) is 3.91. The predicted molar refractivity (Wildman–Crippen MR) is 126 cm³/mol. The average molecular weight is 387 g/mol. The number of allylic oxidation sites excluding steroid dienone is 3. The molecular formula is C28H50. The topological polar surface area (TPSA) is 0 Å². The molecule has 0 radical (unpaired) electrons. The van der Waals surface area contributed by atoms with Crippen LogP contribution in [0.5, 0.6) is 0 Å². The molecule has 4 fully saturated rings. The molecule has 4 saturated carbocycles. The normalized spacial score (nSPS) is 44.8. The van der Waals surface area contributed by atoms with Crippen LogP contribution in [0.15, 0.2) is 24.8 Å². The predicted octanol–water partition coefficient (Wildman–Crippen LogP) is 9.22. The van der Waals surface area contributed by atoms with E-state index in [-0.39, 0.29) is 1.43 Å². The fourth-order valence-electron chi connectivity index (χ4n) is 8.55. The van der Waals surface area contributed by atoms with Crippen LogP contribution in [0.2, 0.25) is 0 Å². The van der Waals surface area contributed by atoms with Crippen LogP contribution < -0.4 is 0 Å². The highest BCUT2D eigenvalue weighted by atomic mass is 14.6. The summed E-state index contributed by atoms with van der Waals surface area (Å²) in [4.78, 5) is 0. The second kappa shape index (κ2) is 9.53. The van der Waals surface area contributed by atoms with Crippen molar-refractivity contribution in [3.63, 3.8) is 0 Å². The third-order valence-corrected chi connectivity index (χ3v) is 9.98. The molecule has 0 bridgehead atoms. The van der Waals surface area contributed by atoms with Gasteiger partial charge in [0.25, 0.3) is 0 Å². The van der Waals surface area contributed by atoms with Gasteiger partial charge >= 0.3 is 0 Å². The van der Waals surface area contributed by atoms with Gasteiger partial charge in [0, 0.05) is 1.43 Å². The van der Waals surface area contributed by atoms with E-state index in [1.807, 2.05) is 19.9 Å². The lowest BCUT2D eigenvalue weighted by molar-refractivity contribution is -0.111. The van der Waals surface area contributed by atoms with Crippen LogP contribution in [0.3, 0.4) is 0 Å². The van der Waals surface area contributed by atoms with Crippen molar-refractivity contribution in [2.24, 2.45) is 40.4 Å². The van der Waals surface area contributed by atoms with Gasteiger partial charge in [-0.1, -0.05) is 65.3 Å². The molecular weight excluding hydrogens is 336 g/mol. The first kappa shape index (κ1) is 22.2. The number of unbranched alkanes of at least 4 members (excludes halogenated alkanes) is 1. The van der Waals surface area contributed by atoms with Crippen LogP contribution in [-0.2, 0) is 0 Å². The van der Waals surface area contributed by atoms with Crippen molar-refractivity contribution in [2.75, 3.05) is 0 Å². The highest BCUT2D eigenvalue weighted by Crippen LogP contribution is 2.67. The second-order valence-electron chi connectivity index (χ2n) is 10.8. The van der Waals surface area contributed by atoms with E-state index in [1.54, 1.807) is 38.5 Å². The summed E-state index contributed by atoms with van der Waals surface area (Å²) in [6.07, 6.45) is 25.8. The summed E-state index contributed by atoms with van der Waals surface area (Å²) < 4.78 is 0. The quantitative estimate of drug-likeness (QED) is 0.326. The van der Waals surface area contributed by atoms with Gasteiger partial charge in [0.15, 0.2) is 0 Å². The zero-order chi connectivity index (χ0) is 20.2. The van der Waals surface area contributed by atoms with Crippen LogP contribution >= 0.6 is 0 Å². The molecule has 4 aliphatic rings. The first-order valence-electron chi connectivity index (χ1n) is 12.9. The molecule has 0 aromatic heterocycles. The van der Waals surface area contributed by atoms with Crippen LogP contribution in [0.4, 0.5) is 0 Å². The van der Waals surface area contributed by atoms with Crippen LogP contribution in [0.1, 0.15) is 113 Å². The molecule has 7 atom stereocenters. The lowest BCUT2D eigenvalue weighted by Crippen LogP contribution is -2.52. The van der Waals surface area contributed by atoms with Gasteiger partial charge in [-0.2, -0.15) is 0 Å². The Kier molecular flexibility index (Phi) is 7.54. The van der Waals surface area contributed by atoms with Gasteiger partial charge in [0.1, 0.15) is 0 Å². The maximum atomic E-state index is 3.79. The Hall–Kier alpha value is -0.520. The Morgan fingerprint density at radius 3 is 2.46 bits per heavy atom.